The van der Waals surface area contributed by atoms with Gasteiger partial charge in [0.25, 0.3) is 0 Å². The highest BCUT2D eigenvalue weighted by atomic mass is 15.0. The van der Waals surface area contributed by atoms with Crippen molar-refractivity contribution in [2.75, 3.05) is 0 Å². The molecule has 0 radical (unpaired) electrons. The number of aromatic nitrogens is 12. The normalized spacial score (nSPS) is 11.1. The Hall–Kier alpha value is -18.5. The maximum absolute atomic E-state index is 5.15. The van der Waals surface area contributed by atoms with Gasteiger partial charge in [0.15, 0.2) is 40.8 Å². The molecular weight excluding hydrogens is 1660 g/mol. The fourth-order valence-electron chi connectivity index (χ4n) is 17.4. The van der Waals surface area contributed by atoms with Crippen molar-refractivity contribution >= 4 is 43.4 Å². The maximum Gasteiger partial charge on any atom is 0.164 e. The molecule has 0 spiro atoms. The molecular formula is C124H82N12. The van der Waals surface area contributed by atoms with Crippen LogP contribution in [0.15, 0.2) is 498 Å². The van der Waals surface area contributed by atoms with Crippen molar-refractivity contribution in [3.8, 4) is 191 Å². The molecule has 0 aliphatic heterocycles. The molecule has 24 aromatic rings. The molecule has 0 atom stereocenters. The van der Waals surface area contributed by atoms with Crippen LogP contribution in [-0.2, 0) is 0 Å². The Morgan fingerprint density at radius 3 is 0.875 bits per heavy atom. The molecule has 0 fully saturated rings. The lowest BCUT2D eigenvalue weighted by Gasteiger charge is -2.12. The van der Waals surface area contributed by atoms with Gasteiger partial charge in [-0.3, -0.25) is 15.0 Å². The Morgan fingerprint density at radius 2 is 0.434 bits per heavy atom. The maximum atomic E-state index is 5.15. The summed E-state index contributed by atoms with van der Waals surface area (Å²) in [5.41, 5.74) is 30.7. The molecule has 638 valence electrons. The molecule has 0 unspecified atom stereocenters. The average molecular weight is 1740 g/mol. The van der Waals surface area contributed by atoms with E-state index in [2.05, 4.69) is 431 Å². The Bertz CT molecular complexity index is 7950. The van der Waals surface area contributed by atoms with Crippen LogP contribution in [0.2, 0.25) is 0 Å². The van der Waals surface area contributed by atoms with E-state index in [0.717, 1.165) is 166 Å². The third-order valence-corrected chi connectivity index (χ3v) is 24.5. The lowest BCUT2D eigenvalue weighted by atomic mass is 9.96. The van der Waals surface area contributed by atoms with Crippen LogP contribution < -0.4 is 0 Å². The van der Waals surface area contributed by atoms with Crippen LogP contribution in [0.5, 0.6) is 0 Å². The second kappa shape index (κ2) is 38.3. The number of rotatable bonds is 17. The molecule has 17 aromatic carbocycles. The van der Waals surface area contributed by atoms with Crippen LogP contribution in [0.1, 0.15) is 0 Å². The summed E-state index contributed by atoms with van der Waals surface area (Å²) in [6.45, 7) is 0. The minimum atomic E-state index is 0.620. The predicted molar refractivity (Wildman–Crippen MR) is 555 cm³/mol. The van der Waals surface area contributed by atoms with Crippen molar-refractivity contribution < 1.29 is 0 Å². The second-order valence-electron chi connectivity index (χ2n) is 33.1. The minimum Gasteiger partial charge on any atom is -0.256 e. The quantitative estimate of drug-likeness (QED) is 0.0852. The first-order chi connectivity index (χ1) is 67.4. The number of hydrogen-bond donors (Lipinski definition) is 0. The Labute approximate surface area is 787 Å². The number of fused-ring (bicyclic) bond motifs is 4. The highest BCUT2D eigenvalue weighted by Gasteiger charge is 2.21. The number of para-hydroxylation sites is 2. The van der Waals surface area contributed by atoms with Crippen LogP contribution in [0.3, 0.4) is 0 Å². The van der Waals surface area contributed by atoms with E-state index in [4.69, 9.17) is 34.9 Å². The number of hydrogen-bond acceptors (Lipinski definition) is 12. The van der Waals surface area contributed by atoms with Gasteiger partial charge in [-0.25, -0.2) is 44.9 Å². The summed E-state index contributed by atoms with van der Waals surface area (Å²) in [5.74, 6) is 4.50. The molecule has 0 amide bonds. The molecule has 0 aliphatic carbocycles. The van der Waals surface area contributed by atoms with Gasteiger partial charge >= 0.3 is 0 Å². The second-order valence-corrected chi connectivity index (χ2v) is 33.1. The Morgan fingerprint density at radius 1 is 0.125 bits per heavy atom. The van der Waals surface area contributed by atoms with Crippen LogP contribution in [0.25, 0.3) is 235 Å². The van der Waals surface area contributed by atoms with Crippen molar-refractivity contribution in [2.24, 2.45) is 0 Å². The van der Waals surface area contributed by atoms with Gasteiger partial charge in [-0.2, -0.15) is 0 Å². The van der Waals surface area contributed by atoms with E-state index in [1.165, 1.54) is 27.8 Å². The molecule has 24 rings (SSSR count). The fraction of sp³-hybridized carbons (Fsp3) is 0. The highest BCUT2D eigenvalue weighted by molar-refractivity contribution is 5.99. The van der Waals surface area contributed by atoms with E-state index in [-0.39, 0.29) is 0 Å². The van der Waals surface area contributed by atoms with E-state index in [0.29, 0.717) is 40.8 Å². The van der Waals surface area contributed by atoms with Gasteiger partial charge in [0, 0.05) is 103 Å². The van der Waals surface area contributed by atoms with Gasteiger partial charge in [0.2, 0.25) is 0 Å². The topological polar surface area (TPSA) is 155 Å². The summed E-state index contributed by atoms with van der Waals surface area (Å²) in [5, 5.41) is 6.72. The molecule has 0 saturated carbocycles. The zero-order valence-electron chi connectivity index (χ0n) is 73.7. The first-order valence-electron chi connectivity index (χ1n) is 45.2. The molecule has 0 N–H and O–H groups in total. The standard InChI is InChI=1S/C43H27N5.C41H27N5.C40H28N2/c1-2-12-34-28(8-1)9-5-15-38(34)43-47-41(32-21-17-29(18-22-32)35-25-27-44-39-16-4-3-13-37(35)39)46-42(48-43)33-23-19-30(20-24-33)36-14-6-10-31-11-7-26-45-40(31)36;1-2-8-28(9-3-1)29-16-22-34(23-17-29)39-44-40(46-41(45-39)37-13-6-11-32-10-4-5-12-36(32)37)35-24-18-31(19-25-35)30-14-20-33(21-15-30)38-42-26-7-27-43-38;1-3-9-29(10-4-1)31-14-16-33(17-15-31)37-27-39(35-20-18-32(19-21-35)30-11-5-2-6-12-30)42-40(28-37)36-24-22-34(23-25-36)38-13-7-8-26-41-38/h1-27H;1-27H;1-28H. The summed E-state index contributed by atoms with van der Waals surface area (Å²) < 4.78 is 0. The fourth-order valence-corrected chi connectivity index (χ4v) is 17.4. The zero-order valence-corrected chi connectivity index (χ0v) is 73.7. The largest absolute Gasteiger partial charge is 0.256 e. The van der Waals surface area contributed by atoms with E-state index in [1.807, 2.05) is 79.3 Å². The predicted octanol–water partition coefficient (Wildman–Crippen LogP) is 30.8. The van der Waals surface area contributed by atoms with Gasteiger partial charge in [-0.1, -0.05) is 419 Å². The monoisotopic (exact) mass is 1740 g/mol. The lowest BCUT2D eigenvalue weighted by molar-refractivity contribution is 1.08. The SMILES string of the molecule is c1ccc(-c2ccc(-c3cc(-c4ccc(-c5ccccc5)cc4)nc(-c4ccc(-c5ccccn5)cc4)c3)cc2)cc1.c1ccc(-c2ccc(-c3nc(-c4ccc(-c5ccc(-c6ncccn6)cc5)cc4)nc(-c4cccc5ccccc45)n3)cc2)cc1.c1ccc2c(-c3nc(-c4ccc(-c5ccnc6ccccc56)cc4)nc(-c4ccc(-c5cccc6cccnc56)cc4)n3)cccc2c1. The van der Waals surface area contributed by atoms with Crippen LogP contribution in [-0.4, -0.2) is 59.8 Å². The molecule has 0 saturated heterocycles. The minimum absolute atomic E-state index is 0.620. The lowest BCUT2D eigenvalue weighted by Crippen LogP contribution is -2.00. The average Bonchev–Trinajstić information content (AvgIpc) is 0.789. The Balaban J connectivity index is 0.000000118. The molecule has 0 aliphatic rings. The molecule has 0 bridgehead atoms. The molecule has 12 heteroatoms. The summed E-state index contributed by atoms with van der Waals surface area (Å²) in [6, 6.07) is 161. The van der Waals surface area contributed by atoms with Crippen molar-refractivity contribution in [1.29, 1.82) is 0 Å². The van der Waals surface area contributed by atoms with Crippen LogP contribution in [0.4, 0.5) is 0 Å². The smallest absolute Gasteiger partial charge is 0.164 e. The van der Waals surface area contributed by atoms with Crippen molar-refractivity contribution in [3.63, 3.8) is 0 Å². The number of nitrogens with zero attached hydrogens (tertiary/aromatic N) is 12. The third-order valence-electron chi connectivity index (χ3n) is 24.5. The Kier molecular flexibility index (Phi) is 23.4. The van der Waals surface area contributed by atoms with Gasteiger partial charge < -0.3 is 0 Å². The first-order valence-corrected chi connectivity index (χ1v) is 45.2. The van der Waals surface area contributed by atoms with Gasteiger partial charge in [-0.05, 0) is 142 Å². The van der Waals surface area contributed by atoms with Crippen LogP contribution >= 0.6 is 0 Å². The molecule has 12 nitrogen and oxygen atoms in total. The zero-order chi connectivity index (χ0) is 90.7. The molecule has 7 aromatic heterocycles. The number of pyridine rings is 4. The van der Waals surface area contributed by atoms with Crippen molar-refractivity contribution in [2.45, 2.75) is 0 Å². The summed E-state index contributed by atoms with van der Waals surface area (Å²) in [7, 11) is 0. The number of benzene rings is 17. The van der Waals surface area contributed by atoms with E-state index < -0.39 is 0 Å². The van der Waals surface area contributed by atoms with Gasteiger partial charge in [-0.15, -0.1) is 0 Å². The van der Waals surface area contributed by atoms with Crippen molar-refractivity contribution in [1.82, 2.24) is 59.8 Å². The van der Waals surface area contributed by atoms with Crippen LogP contribution in [0, 0.1) is 0 Å². The van der Waals surface area contributed by atoms with Crippen molar-refractivity contribution in [3.05, 3.63) is 498 Å². The summed E-state index contributed by atoms with van der Waals surface area (Å²) in [6.07, 6.45) is 9.04. The third kappa shape index (κ3) is 18.1. The molecule has 136 heavy (non-hydrogen) atoms. The molecule has 7 heterocycles. The van der Waals surface area contributed by atoms with E-state index in [9.17, 15) is 0 Å². The van der Waals surface area contributed by atoms with Gasteiger partial charge in [0.05, 0.1) is 28.1 Å². The van der Waals surface area contributed by atoms with E-state index in [1.54, 1.807) is 12.4 Å². The first kappa shape index (κ1) is 83.1. The summed E-state index contributed by atoms with van der Waals surface area (Å²) in [4.78, 5) is 57.8. The summed E-state index contributed by atoms with van der Waals surface area (Å²) >= 11 is 0. The van der Waals surface area contributed by atoms with E-state index >= 15 is 0 Å². The highest BCUT2D eigenvalue weighted by Crippen LogP contribution is 2.40. The van der Waals surface area contributed by atoms with Gasteiger partial charge in [0.1, 0.15) is 0 Å².